The Labute approximate surface area is 161 Å². The Balaban J connectivity index is 1.46. The van der Waals surface area contributed by atoms with E-state index >= 15 is 0 Å². The molecular weight excluding hydrogens is 340 g/mol. The van der Waals surface area contributed by atoms with Gasteiger partial charge in [0, 0.05) is 13.1 Å². The summed E-state index contributed by atoms with van der Waals surface area (Å²) in [7, 11) is 0. The number of hydrogen-bond acceptors (Lipinski definition) is 3. The van der Waals surface area contributed by atoms with E-state index < -0.39 is 5.54 Å². The lowest BCUT2D eigenvalue weighted by atomic mass is 9.94. The van der Waals surface area contributed by atoms with E-state index in [0.29, 0.717) is 31.8 Å². The molecule has 0 aromatic heterocycles. The molecule has 2 aliphatic rings. The van der Waals surface area contributed by atoms with Crippen molar-refractivity contribution in [3.05, 3.63) is 35.9 Å². The lowest BCUT2D eigenvalue weighted by Gasteiger charge is -2.30. The average Bonchev–Trinajstić information content (AvgIpc) is 3.18. The van der Waals surface area contributed by atoms with Gasteiger partial charge in [-0.3, -0.25) is 4.79 Å². The van der Waals surface area contributed by atoms with Crippen LogP contribution in [0.1, 0.15) is 50.5 Å². The Morgan fingerprint density at radius 3 is 2.56 bits per heavy atom. The van der Waals surface area contributed by atoms with E-state index in [1.54, 1.807) is 0 Å². The first-order chi connectivity index (χ1) is 13.2. The summed E-state index contributed by atoms with van der Waals surface area (Å²) >= 11 is 0. The highest BCUT2D eigenvalue weighted by Gasteiger charge is 2.42. The summed E-state index contributed by atoms with van der Waals surface area (Å²) < 4.78 is 0. The van der Waals surface area contributed by atoms with Gasteiger partial charge in [0.25, 0.3) is 0 Å². The molecule has 3 amide bonds. The van der Waals surface area contributed by atoms with E-state index in [4.69, 9.17) is 0 Å². The van der Waals surface area contributed by atoms with Gasteiger partial charge in [0.05, 0.1) is 0 Å². The summed E-state index contributed by atoms with van der Waals surface area (Å²) in [5.41, 5.74) is 0.282. The van der Waals surface area contributed by atoms with Crippen molar-refractivity contribution in [2.24, 2.45) is 5.92 Å². The van der Waals surface area contributed by atoms with E-state index in [2.05, 4.69) is 21.3 Å². The largest absolute Gasteiger partial charge is 0.354 e. The first-order valence-corrected chi connectivity index (χ1v) is 10.3. The predicted octanol–water partition coefficient (Wildman–Crippen LogP) is 2.30. The van der Waals surface area contributed by atoms with Crippen molar-refractivity contribution in [3.63, 3.8) is 0 Å². The predicted molar refractivity (Wildman–Crippen MR) is 106 cm³/mol. The van der Waals surface area contributed by atoms with Crippen LogP contribution in [0.2, 0.25) is 0 Å². The molecule has 27 heavy (non-hydrogen) atoms. The molecule has 1 aromatic rings. The Morgan fingerprint density at radius 1 is 1.07 bits per heavy atom. The maximum atomic E-state index is 12.8. The van der Waals surface area contributed by atoms with Crippen LogP contribution in [0.15, 0.2) is 30.3 Å². The monoisotopic (exact) mass is 372 g/mol. The van der Waals surface area contributed by atoms with Crippen molar-refractivity contribution < 1.29 is 9.59 Å². The van der Waals surface area contributed by atoms with Crippen LogP contribution in [0.3, 0.4) is 0 Å². The van der Waals surface area contributed by atoms with E-state index in [1.807, 2.05) is 30.3 Å². The highest BCUT2D eigenvalue weighted by atomic mass is 16.2. The van der Waals surface area contributed by atoms with Gasteiger partial charge in [-0.2, -0.15) is 0 Å². The third-order valence-corrected chi connectivity index (χ3v) is 5.78. The van der Waals surface area contributed by atoms with Gasteiger partial charge in [-0.15, -0.1) is 0 Å². The van der Waals surface area contributed by atoms with Crippen molar-refractivity contribution in [1.29, 1.82) is 0 Å². The zero-order valence-corrected chi connectivity index (χ0v) is 16.1. The van der Waals surface area contributed by atoms with Gasteiger partial charge in [0.15, 0.2) is 0 Å². The van der Waals surface area contributed by atoms with Crippen molar-refractivity contribution in [1.82, 2.24) is 21.3 Å². The quantitative estimate of drug-likeness (QED) is 0.593. The SMILES string of the molecule is O=C(NCc1ccccc1)NC1(C(=O)NCCC2CCCNC2)CCCC1. The molecule has 1 unspecified atom stereocenters. The summed E-state index contributed by atoms with van der Waals surface area (Å²) in [5, 5.41) is 12.3. The Hall–Kier alpha value is -2.08. The number of carbonyl (C=O) groups excluding carboxylic acids is 2. The molecule has 0 radical (unpaired) electrons. The normalized spacial score (nSPS) is 21.4. The molecule has 1 saturated carbocycles. The van der Waals surface area contributed by atoms with E-state index in [9.17, 15) is 9.59 Å². The Bertz CT molecular complexity index is 608. The van der Waals surface area contributed by atoms with Crippen molar-refractivity contribution in [3.8, 4) is 0 Å². The van der Waals surface area contributed by atoms with Gasteiger partial charge in [-0.25, -0.2) is 4.79 Å². The number of carbonyl (C=O) groups is 2. The number of piperidine rings is 1. The standard InChI is InChI=1S/C21H32N4O2/c26-19(23-14-10-18-9-6-13-22-15-18)21(11-4-5-12-21)25-20(27)24-16-17-7-2-1-3-8-17/h1-3,7-8,18,22H,4-6,9-16H2,(H,23,26)(H2,24,25,27). The molecule has 1 atom stereocenters. The van der Waals surface area contributed by atoms with Crippen LogP contribution in [0.25, 0.3) is 0 Å². The molecule has 4 N–H and O–H groups in total. The maximum absolute atomic E-state index is 12.8. The van der Waals surface area contributed by atoms with Crippen molar-refractivity contribution in [2.75, 3.05) is 19.6 Å². The average molecular weight is 373 g/mol. The summed E-state index contributed by atoms with van der Waals surface area (Å²) in [4.78, 5) is 25.2. The summed E-state index contributed by atoms with van der Waals surface area (Å²) in [6.07, 6.45) is 6.80. The molecule has 3 rings (SSSR count). The molecule has 6 nitrogen and oxygen atoms in total. The highest BCUT2D eigenvalue weighted by molar-refractivity contribution is 5.91. The number of benzene rings is 1. The molecule has 0 bridgehead atoms. The van der Waals surface area contributed by atoms with Gasteiger partial charge in [-0.05, 0) is 56.7 Å². The summed E-state index contributed by atoms with van der Waals surface area (Å²) in [6, 6.07) is 9.51. The van der Waals surface area contributed by atoms with Gasteiger partial charge in [0.1, 0.15) is 5.54 Å². The zero-order valence-electron chi connectivity index (χ0n) is 16.1. The van der Waals surface area contributed by atoms with Crippen LogP contribution in [0.4, 0.5) is 4.79 Å². The minimum Gasteiger partial charge on any atom is -0.354 e. The van der Waals surface area contributed by atoms with Gasteiger partial charge in [-0.1, -0.05) is 43.2 Å². The molecule has 0 spiro atoms. The van der Waals surface area contributed by atoms with Crippen molar-refractivity contribution in [2.45, 2.75) is 57.0 Å². The smallest absolute Gasteiger partial charge is 0.315 e. The molecule has 1 saturated heterocycles. The second kappa shape index (κ2) is 9.74. The number of hydrogen-bond donors (Lipinski definition) is 4. The van der Waals surface area contributed by atoms with Crippen LogP contribution in [0, 0.1) is 5.92 Å². The minimum absolute atomic E-state index is 0.0290. The van der Waals surface area contributed by atoms with Crippen LogP contribution >= 0.6 is 0 Å². The van der Waals surface area contributed by atoms with Crippen LogP contribution in [-0.4, -0.2) is 37.1 Å². The van der Waals surface area contributed by atoms with E-state index in [0.717, 1.165) is 37.9 Å². The van der Waals surface area contributed by atoms with Crippen molar-refractivity contribution >= 4 is 11.9 Å². The minimum atomic E-state index is -0.758. The maximum Gasteiger partial charge on any atom is 0.315 e. The van der Waals surface area contributed by atoms with Crippen LogP contribution < -0.4 is 21.3 Å². The van der Waals surface area contributed by atoms with E-state index in [-0.39, 0.29) is 11.9 Å². The van der Waals surface area contributed by atoms with Crippen LogP contribution in [-0.2, 0) is 11.3 Å². The molecule has 6 heteroatoms. The molecule has 1 heterocycles. The molecule has 2 fully saturated rings. The second-order valence-electron chi connectivity index (χ2n) is 7.84. The lowest BCUT2D eigenvalue weighted by molar-refractivity contribution is -0.127. The number of amides is 3. The molecular formula is C21H32N4O2. The fraction of sp³-hybridized carbons (Fsp3) is 0.619. The fourth-order valence-corrected chi connectivity index (χ4v) is 4.16. The van der Waals surface area contributed by atoms with E-state index in [1.165, 1.54) is 12.8 Å². The van der Waals surface area contributed by atoms with Crippen LogP contribution in [0.5, 0.6) is 0 Å². The molecule has 148 valence electrons. The van der Waals surface area contributed by atoms with Gasteiger partial charge < -0.3 is 21.3 Å². The van der Waals surface area contributed by atoms with Gasteiger partial charge >= 0.3 is 6.03 Å². The third kappa shape index (κ3) is 5.70. The zero-order chi connectivity index (χ0) is 19.0. The molecule has 1 aliphatic heterocycles. The first kappa shape index (κ1) is 19.7. The Kier molecular flexibility index (Phi) is 7.10. The molecule has 1 aromatic carbocycles. The second-order valence-corrected chi connectivity index (χ2v) is 7.84. The fourth-order valence-electron chi connectivity index (χ4n) is 4.16. The third-order valence-electron chi connectivity index (χ3n) is 5.78. The summed E-state index contributed by atoms with van der Waals surface area (Å²) in [5.74, 6) is 0.610. The number of nitrogens with one attached hydrogen (secondary N) is 4. The van der Waals surface area contributed by atoms with Gasteiger partial charge in [0.2, 0.25) is 5.91 Å². The number of rotatable bonds is 7. The lowest BCUT2D eigenvalue weighted by Crippen LogP contribution is -2.59. The summed E-state index contributed by atoms with van der Waals surface area (Å²) in [6.45, 7) is 3.29. The first-order valence-electron chi connectivity index (χ1n) is 10.3. The topological polar surface area (TPSA) is 82.3 Å². The Morgan fingerprint density at radius 2 is 1.85 bits per heavy atom. The highest BCUT2D eigenvalue weighted by Crippen LogP contribution is 2.30. The molecule has 1 aliphatic carbocycles. The number of urea groups is 1.